The summed E-state index contributed by atoms with van der Waals surface area (Å²) < 4.78 is 0. The number of nitrogen functional groups attached to an aromatic ring is 1. The van der Waals surface area contributed by atoms with E-state index in [-0.39, 0.29) is 5.56 Å². The maximum Gasteiger partial charge on any atom is 0.337 e. The highest BCUT2D eigenvalue weighted by Crippen LogP contribution is 2.30. The summed E-state index contributed by atoms with van der Waals surface area (Å²) in [5, 5.41) is 12.5. The Kier molecular flexibility index (Phi) is 4.88. The van der Waals surface area contributed by atoms with Crippen molar-refractivity contribution in [3.8, 4) is 0 Å². The second kappa shape index (κ2) is 6.64. The molecule has 4 nitrogen and oxygen atoms in total. The summed E-state index contributed by atoms with van der Waals surface area (Å²) in [6.45, 7) is 2.20. The van der Waals surface area contributed by atoms with Crippen LogP contribution in [0.5, 0.6) is 0 Å². The predicted octanol–water partition coefficient (Wildman–Crippen LogP) is 3.74. The Bertz CT molecular complexity index is 468. The first kappa shape index (κ1) is 14.7. The third-order valence-corrected chi connectivity index (χ3v) is 4.29. The van der Waals surface area contributed by atoms with Crippen LogP contribution in [0.2, 0.25) is 0 Å². The van der Waals surface area contributed by atoms with Crippen LogP contribution in [-0.2, 0) is 0 Å². The number of benzene rings is 1. The molecular weight excluding hydrogens is 252 g/mol. The van der Waals surface area contributed by atoms with E-state index in [1.807, 2.05) is 6.07 Å². The van der Waals surface area contributed by atoms with Crippen molar-refractivity contribution in [1.29, 1.82) is 0 Å². The molecule has 0 radical (unpaired) electrons. The summed E-state index contributed by atoms with van der Waals surface area (Å²) in [7, 11) is 0. The van der Waals surface area contributed by atoms with Gasteiger partial charge < -0.3 is 16.2 Å². The van der Waals surface area contributed by atoms with Crippen LogP contribution < -0.4 is 11.1 Å². The third kappa shape index (κ3) is 3.44. The summed E-state index contributed by atoms with van der Waals surface area (Å²) in [6, 6.07) is 5.57. The lowest BCUT2D eigenvalue weighted by atomic mass is 9.83. The fourth-order valence-electron chi connectivity index (χ4n) is 3.15. The minimum Gasteiger partial charge on any atom is -0.478 e. The van der Waals surface area contributed by atoms with Gasteiger partial charge in [0.05, 0.1) is 5.56 Å². The molecule has 1 aromatic rings. The Labute approximate surface area is 120 Å². The second-order valence-electron chi connectivity index (χ2n) is 5.66. The monoisotopic (exact) mass is 276 g/mol. The molecule has 2 rings (SSSR count). The van der Waals surface area contributed by atoms with Crippen LogP contribution in [0.15, 0.2) is 18.2 Å². The van der Waals surface area contributed by atoms with Crippen LogP contribution in [0.25, 0.3) is 0 Å². The van der Waals surface area contributed by atoms with Gasteiger partial charge in [0.2, 0.25) is 0 Å². The molecule has 110 valence electrons. The molecule has 1 aromatic carbocycles. The van der Waals surface area contributed by atoms with Crippen molar-refractivity contribution >= 4 is 17.3 Å². The second-order valence-corrected chi connectivity index (χ2v) is 5.66. The molecule has 1 fully saturated rings. The molecule has 20 heavy (non-hydrogen) atoms. The van der Waals surface area contributed by atoms with Gasteiger partial charge in [0.1, 0.15) is 0 Å². The molecule has 1 unspecified atom stereocenters. The number of hydrogen-bond donors (Lipinski definition) is 3. The topological polar surface area (TPSA) is 75.3 Å². The van der Waals surface area contributed by atoms with Crippen molar-refractivity contribution in [2.75, 3.05) is 11.1 Å². The number of nitrogens with two attached hydrogens (primary N) is 1. The number of rotatable bonds is 5. The van der Waals surface area contributed by atoms with E-state index in [9.17, 15) is 4.79 Å². The summed E-state index contributed by atoms with van der Waals surface area (Å²) in [6.07, 6.45) is 7.65. The van der Waals surface area contributed by atoms with Gasteiger partial charge in [-0.1, -0.05) is 26.2 Å². The van der Waals surface area contributed by atoms with Crippen molar-refractivity contribution in [2.24, 2.45) is 5.92 Å². The van der Waals surface area contributed by atoms with Gasteiger partial charge in [0.15, 0.2) is 0 Å². The Morgan fingerprint density at radius 3 is 2.65 bits per heavy atom. The van der Waals surface area contributed by atoms with Crippen LogP contribution >= 0.6 is 0 Å². The van der Waals surface area contributed by atoms with Gasteiger partial charge in [-0.2, -0.15) is 0 Å². The molecule has 0 heterocycles. The SMILES string of the molecule is CCC(Nc1ccc(C(=O)O)c(N)c1)C1CCCCC1. The van der Waals surface area contributed by atoms with E-state index in [1.54, 1.807) is 12.1 Å². The highest BCUT2D eigenvalue weighted by atomic mass is 16.4. The van der Waals surface area contributed by atoms with Crippen molar-refractivity contribution in [1.82, 2.24) is 0 Å². The number of nitrogens with one attached hydrogen (secondary N) is 1. The Hall–Kier alpha value is -1.71. The predicted molar refractivity (Wildman–Crippen MR) is 82.1 cm³/mol. The molecule has 0 amide bonds. The average molecular weight is 276 g/mol. The largest absolute Gasteiger partial charge is 0.478 e. The van der Waals surface area contributed by atoms with Gasteiger partial charge in [0.25, 0.3) is 0 Å². The molecule has 1 aliphatic rings. The van der Waals surface area contributed by atoms with Gasteiger partial charge in [-0.25, -0.2) is 4.79 Å². The third-order valence-electron chi connectivity index (χ3n) is 4.29. The highest BCUT2D eigenvalue weighted by molar-refractivity contribution is 5.94. The maximum absolute atomic E-state index is 11.0. The number of carboxylic acids is 1. The number of hydrogen-bond acceptors (Lipinski definition) is 3. The van der Waals surface area contributed by atoms with Crippen molar-refractivity contribution in [2.45, 2.75) is 51.5 Å². The van der Waals surface area contributed by atoms with Crippen molar-refractivity contribution in [3.63, 3.8) is 0 Å². The van der Waals surface area contributed by atoms with Gasteiger partial charge in [-0.3, -0.25) is 0 Å². The molecule has 4 heteroatoms. The van der Waals surface area contributed by atoms with Crippen molar-refractivity contribution < 1.29 is 9.90 Å². The van der Waals surface area contributed by atoms with E-state index in [1.165, 1.54) is 32.1 Å². The first-order valence-electron chi connectivity index (χ1n) is 7.51. The fourth-order valence-corrected chi connectivity index (χ4v) is 3.15. The summed E-state index contributed by atoms with van der Waals surface area (Å²) in [4.78, 5) is 11.0. The average Bonchev–Trinajstić information content (AvgIpc) is 2.45. The molecule has 0 aliphatic heterocycles. The molecule has 1 atom stereocenters. The van der Waals surface area contributed by atoms with E-state index in [4.69, 9.17) is 10.8 Å². The van der Waals surface area contributed by atoms with E-state index in [0.717, 1.165) is 12.1 Å². The molecule has 1 aliphatic carbocycles. The first-order valence-corrected chi connectivity index (χ1v) is 7.51. The number of carboxylic acid groups (broad SMARTS) is 1. The molecule has 1 saturated carbocycles. The smallest absolute Gasteiger partial charge is 0.337 e. The van der Waals surface area contributed by atoms with Gasteiger partial charge in [-0.15, -0.1) is 0 Å². The normalized spacial score (nSPS) is 17.6. The zero-order valence-electron chi connectivity index (χ0n) is 12.1. The minimum absolute atomic E-state index is 0.168. The Balaban J connectivity index is 2.07. The van der Waals surface area contributed by atoms with Crippen LogP contribution in [0.1, 0.15) is 55.8 Å². The standard InChI is InChI=1S/C16H24N2O2/c1-2-15(11-6-4-3-5-7-11)18-12-8-9-13(16(19)20)14(17)10-12/h8-11,15,18H,2-7,17H2,1H3,(H,19,20). The lowest BCUT2D eigenvalue weighted by Gasteiger charge is -2.31. The zero-order valence-corrected chi connectivity index (χ0v) is 12.1. The van der Waals surface area contributed by atoms with Gasteiger partial charge in [0, 0.05) is 17.4 Å². The highest BCUT2D eigenvalue weighted by Gasteiger charge is 2.22. The van der Waals surface area contributed by atoms with E-state index < -0.39 is 5.97 Å². The lowest BCUT2D eigenvalue weighted by Crippen LogP contribution is -2.30. The molecule has 4 N–H and O–H groups in total. The Morgan fingerprint density at radius 2 is 2.10 bits per heavy atom. The number of aromatic carboxylic acids is 1. The van der Waals surface area contributed by atoms with Gasteiger partial charge >= 0.3 is 5.97 Å². The first-order chi connectivity index (χ1) is 9.61. The quantitative estimate of drug-likeness (QED) is 0.716. The summed E-state index contributed by atoms with van der Waals surface area (Å²) in [5.41, 5.74) is 7.21. The molecular formula is C16H24N2O2. The molecule has 0 aromatic heterocycles. The van der Waals surface area contributed by atoms with Gasteiger partial charge in [-0.05, 0) is 43.4 Å². The lowest BCUT2D eigenvalue weighted by molar-refractivity contribution is 0.0698. The van der Waals surface area contributed by atoms with Crippen LogP contribution in [0, 0.1) is 5.92 Å². The van der Waals surface area contributed by atoms with Crippen molar-refractivity contribution in [3.05, 3.63) is 23.8 Å². The zero-order chi connectivity index (χ0) is 14.5. The number of carbonyl (C=O) groups is 1. The maximum atomic E-state index is 11.0. The fraction of sp³-hybridized carbons (Fsp3) is 0.562. The molecule has 0 saturated heterocycles. The van der Waals surface area contributed by atoms with E-state index >= 15 is 0 Å². The van der Waals surface area contributed by atoms with Crippen LogP contribution in [0.3, 0.4) is 0 Å². The molecule has 0 spiro atoms. The van der Waals surface area contributed by atoms with Crippen LogP contribution in [-0.4, -0.2) is 17.1 Å². The summed E-state index contributed by atoms with van der Waals surface area (Å²) in [5.74, 6) is -0.262. The Morgan fingerprint density at radius 1 is 1.40 bits per heavy atom. The van der Waals surface area contributed by atoms with Crippen LogP contribution in [0.4, 0.5) is 11.4 Å². The van der Waals surface area contributed by atoms with E-state index in [2.05, 4.69) is 12.2 Å². The number of anilines is 2. The summed E-state index contributed by atoms with van der Waals surface area (Å²) >= 11 is 0. The molecule has 0 bridgehead atoms. The van der Waals surface area contributed by atoms with E-state index in [0.29, 0.717) is 17.6 Å². The minimum atomic E-state index is -0.978.